The van der Waals surface area contributed by atoms with Gasteiger partial charge in [-0.25, -0.2) is 4.79 Å². The summed E-state index contributed by atoms with van der Waals surface area (Å²) in [7, 11) is 0. The fraction of sp³-hybridized carbons (Fsp3) is 0.714. The average Bonchev–Trinajstić information content (AvgIpc) is 3.41. The predicted octanol–water partition coefficient (Wildman–Crippen LogP) is 2.39. The molecule has 2 bridgehead atoms. The minimum absolute atomic E-state index is 0.118. The highest BCUT2D eigenvalue weighted by atomic mass is 16.5. The predicted molar refractivity (Wildman–Crippen MR) is 107 cm³/mol. The maximum Gasteiger partial charge on any atom is 0.404 e. The number of nitrogens with zero attached hydrogens (tertiary/aromatic N) is 1. The maximum absolute atomic E-state index is 12.6. The molecule has 1 aromatic rings. The molecule has 1 heterocycles. The number of carbonyl (C=O) groups excluding carboxylic acids is 2. The van der Waals surface area contributed by atoms with Gasteiger partial charge in [0.05, 0.1) is 0 Å². The van der Waals surface area contributed by atoms with Gasteiger partial charge in [-0.3, -0.25) is 9.59 Å². The van der Waals surface area contributed by atoms with Crippen molar-refractivity contribution in [1.29, 1.82) is 0 Å². The standard InChI is InChI=1S/C21H30N4O5/c1-11(22-21(28)29)8-19(26)23-15-6-4-14-9-13(15)5-7-16(14)24-20(27)17-10-18(30-25-17)12-2-3-12/h10-16,22H,2-9H2,1H3,(H,23,26)(H,24,27)(H,28,29)/t11-,13?,14?,15?,16?/m1/s1. The maximum atomic E-state index is 12.6. The van der Waals surface area contributed by atoms with Crippen LogP contribution in [0.3, 0.4) is 0 Å². The number of rotatable bonds is 7. The van der Waals surface area contributed by atoms with Crippen LogP contribution < -0.4 is 16.0 Å². The van der Waals surface area contributed by atoms with Crippen LogP contribution in [-0.4, -0.2) is 46.3 Å². The van der Waals surface area contributed by atoms with E-state index in [-0.39, 0.29) is 30.3 Å². The van der Waals surface area contributed by atoms with E-state index >= 15 is 0 Å². The summed E-state index contributed by atoms with van der Waals surface area (Å²) in [6.45, 7) is 1.68. The van der Waals surface area contributed by atoms with E-state index in [0.717, 1.165) is 50.7 Å². The van der Waals surface area contributed by atoms with Gasteiger partial charge in [0.2, 0.25) is 5.91 Å². The van der Waals surface area contributed by atoms with E-state index in [1.165, 1.54) is 0 Å². The Balaban J connectivity index is 1.25. The van der Waals surface area contributed by atoms with E-state index in [2.05, 4.69) is 21.1 Å². The second kappa shape index (κ2) is 8.65. The summed E-state index contributed by atoms with van der Waals surface area (Å²) in [5, 5.41) is 21.2. The van der Waals surface area contributed by atoms with Crippen molar-refractivity contribution in [2.75, 3.05) is 0 Å². The van der Waals surface area contributed by atoms with Crippen molar-refractivity contribution in [3.8, 4) is 0 Å². The van der Waals surface area contributed by atoms with Crippen molar-refractivity contribution in [1.82, 2.24) is 21.1 Å². The number of hydrogen-bond acceptors (Lipinski definition) is 5. The van der Waals surface area contributed by atoms with Crippen LogP contribution >= 0.6 is 0 Å². The number of nitrogens with one attached hydrogen (secondary N) is 3. The molecule has 0 aliphatic heterocycles. The first-order valence-electron chi connectivity index (χ1n) is 11.0. The van der Waals surface area contributed by atoms with E-state index in [0.29, 0.717) is 23.4 Å². The first-order chi connectivity index (χ1) is 14.4. The molecule has 5 atom stereocenters. The average molecular weight is 418 g/mol. The van der Waals surface area contributed by atoms with Crippen molar-refractivity contribution < 1.29 is 24.0 Å². The Morgan fingerprint density at radius 1 is 1.10 bits per heavy atom. The first-order valence-corrected chi connectivity index (χ1v) is 11.0. The number of aromatic nitrogens is 1. The van der Waals surface area contributed by atoms with Crippen LogP contribution in [-0.2, 0) is 4.79 Å². The Kier molecular flexibility index (Phi) is 5.97. The number of carbonyl (C=O) groups is 3. The highest BCUT2D eigenvalue weighted by Gasteiger charge is 2.40. The Morgan fingerprint density at radius 3 is 2.40 bits per heavy atom. The van der Waals surface area contributed by atoms with E-state index in [9.17, 15) is 14.4 Å². The molecule has 4 unspecified atom stereocenters. The molecule has 0 spiro atoms. The van der Waals surface area contributed by atoms with Crippen LogP contribution in [0.1, 0.15) is 80.5 Å². The van der Waals surface area contributed by atoms with Crippen LogP contribution in [0.15, 0.2) is 10.6 Å². The van der Waals surface area contributed by atoms with E-state index in [4.69, 9.17) is 9.63 Å². The summed E-state index contributed by atoms with van der Waals surface area (Å²) >= 11 is 0. The van der Waals surface area contributed by atoms with Crippen LogP contribution in [0.2, 0.25) is 0 Å². The van der Waals surface area contributed by atoms with Crippen molar-refractivity contribution in [3.63, 3.8) is 0 Å². The summed E-state index contributed by atoms with van der Waals surface area (Å²) in [6, 6.07) is 1.61. The molecule has 9 heteroatoms. The van der Waals surface area contributed by atoms with E-state index < -0.39 is 12.1 Å². The lowest BCUT2D eigenvalue weighted by Gasteiger charge is -2.44. The van der Waals surface area contributed by atoms with Crippen LogP contribution in [0, 0.1) is 11.8 Å². The Bertz CT molecular complexity index is 805. The van der Waals surface area contributed by atoms with Gasteiger partial charge in [-0.05, 0) is 63.7 Å². The Morgan fingerprint density at radius 2 is 1.77 bits per heavy atom. The lowest BCUT2D eigenvalue weighted by atomic mass is 9.67. The highest BCUT2D eigenvalue weighted by molar-refractivity contribution is 5.92. The zero-order valence-corrected chi connectivity index (χ0v) is 17.2. The van der Waals surface area contributed by atoms with Gasteiger partial charge in [0.25, 0.3) is 5.91 Å². The van der Waals surface area contributed by atoms with Gasteiger partial charge in [0, 0.05) is 36.5 Å². The van der Waals surface area contributed by atoms with Crippen LogP contribution in [0.5, 0.6) is 0 Å². The van der Waals surface area contributed by atoms with Gasteiger partial charge in [-0.2, -0.15) is 0 Å². The first kappa shape index (κ1) is 20.7. The normalized spacial score (nSPS) is 29.0. The molecule has 4 rings (SSSR count). The Hall–Kier alpha value is -2.58. The third-order valence-electron chi connectivity index (χ3n) is 6.71. The lowest BCUT2D eigenvalue weighted by molar-refractivity contribution is -0.123. The third kappa shape index (κ3) is 4.94. The highest BCUT2D eigenvalue weighted by Crippen LogP contribution is 2.41. The Labute approximate surface area is 175 Å². The number of carboxylic acid groups (broad SMARTS) is 1. The molecule has 1 aromatic heterocycles. The molecule has 3 aliphatic carbocycles. The molecule has 0 saturated heterocycles. The number of fused-ring (bicyclic) bond motifs is 2. The molecule has 0 radical (unpaired) electrons. The molecule has 3 amide bonds. The third-order valence-corrected chi connectivity index (χ3v) is 6.71. The summed E-state index contributed by atoms with van der Waals surface area (Å²) in [4.78, 5) is 35.5. The van der Waals surface area contributed by atoms with Gasteiger partial charge in [-0.1, -0.05) is 5.16 Å². The molecule has 3 aliphatic rings. The van der Waals surface area contributed by atoms with Gasteiger partial charge in [-0.15, -0.1) is 0 Å². The van der Waals surface area contributed by atoms with Crippen LogP contribution in [0.25, 0.3) is 0 Å². The zero-order chi connectivity index (χ0) is 21.3. The van der Waals surface area contributed by atoms with Crippen molar-refractivity contribution >= 4 is 17.9 Å². The molecular formula is C21H30N4O5. The van der Waals surface area contributed by atoms with Crippen molar-refractivity contribution in [3.05, 3.63) is 17.5 Å². The monoisotopic (exact) mass is 418 g/mol. The van der Waals surface area contributed by atoms with Gasteiger partial charge in [0.1, 0.15) is 5.76 Å². The second-order valence-electron chi connectivity index (χ2n) is 9.11. The number of amides is 3. The minimum atomic E-state index is -1.12. The summed E-state index contributed by atoms with van der Waals surface area (Å²) in [5.74, 6) is 1.77. The molecule has 164 valence electrons. The zero-order valence-electron chi connectivity index (χ0n) is 17.2. The molecule has 4 N–H and O–H groups in total. The summed E-state index contributed by atoms with van der Waals surface area (Å²) in [6.07, 6.45) is 5.86. The minimum Gasteiger partial charge on any atom is -0.465 e. The quantitative estimate of drug-likeness (QED) is 0.537. The largest absolute Gasteiger partial charge is 0.465 e. The van der Waals surface area contributed by atoms with Crippen molar-refractivity contribution in [2.45, 2.75) is 82.3 Å². The fourth-order valence-electron chi connectivity index (χ4n) is 5.00. The van der Waals surface area contributed by atoms with E-state index in [1.54, 1.807) is 13.0 Å². The molecule has 3 fully saturated rings. The smallest absolute Gasteiger partial charge is 0.404 e. The van der Waals surface area contributed by atoms with Gasteiger partial charge < -0.3 is 25.6 Å². The molecular weight excluding hydrogens is 388 g/mol. The van der Waals surface area contributed by atoms with E-state index in [1.807, 2.05) is 0 Å². The SMILES string of the molecule is C[C@H](CC(=O)NC1CCC2CC1CCC2NC(=O)c1cc(C2CC2)on1)NC(=O)O. The summed E-state index contributed by atoms with van der Waals surface area (Å²) < 4.78 is 5.29. The lowest BCUT2D eigenvalue weighted by Crippen LogP contribution is -2.52. The fourth-order valence-corrected chi connectivity index (χ4v) is 5.00. The van der Waals surface area contributed by atoms with Crippen LogP contribution in [0.4, 0.5) is 4.79 Å². The molecule has 0 aromatic carbocycles. The molecule has 9 nitrogen and oxygen atoms in total. The van der Waals surface area contributed by atoms with Crippen molar-refractivity contribution in [2.24, 2.45) is 11.8 Å². The molecule has 3 saturated carbocycles. The summed E-state index contributed by atoms with van der Waals surface area (Å²) in [5.41, 5.74) is 0.365. The van der Waals surface area contributed by atoms with Gasteiger partial charge in [0.15, 0.2) is 5.69 Å². The second-order valence-corrected chi connectivity index (χ2v) is 9.11. The van der Waals surface area contributed by atoms with Gasteiger partial charge >= 0.3 is 6.09 Å². The number of hydrogen-bond donors (Lipinski definition) is 4. The molecule has 30 heavy (non-hydrogen) atoms. The topological polar surface area (TPSA) is 134 Å².